The predicted octanol–water partition coefficient (Wildman–Crippen LogP) is 16.2. The highest BCUT2D eigenvalue weighted by atomic mass is 32.1. The van der Waals surface area contributed by atoms with Crippen molar-refractivity contribution in [3.8, 4) is 22.3 Å². The number of nitrogens with zero attached hydrogens (tertiary/aromatic N) is 1. The molecule has 0 spiro atoms. The lowest BCUT2D eigenvalue weighted by molar-refractivity contribution is 0.670. The van der Waals surface area contributed by atoms with Crippen LogP contribution in [0, 0.1) is 0 Å². The maximum absolute atomic E-state index is 6.80. The summed E-state index contributed by atoms with van der Waals surface area (Å²) in [6.45, 7) is 0. The lowest BCUT2D eigenvalue weighted by Gasteiger charge is -2.28. The first-order valence-corrected chi connectivity index (χ1v) is 20.2. The minimum absolute atomic E-state index is 0.898. The molecule has 0 radical (unpaired) electrons. The predicted molar refractivity (Wildman–Crippen MR) is 245 cm³/mol. The number of hydrogen-bond donors (Lipinski definition) is 0. The van der Waals surface area contributed by atoms with Gasteiger partial charge in [0.1, 0.15) is 11.2 Å². The minimum Gasteiger partial charge on any atom is -0.455 e. The fourth-order valence-corrected chi connectivity index (χ4v) is 10.1. The SMILES string of the molecule is c1ccc(N(c2ccc(-c3ccc4c(ccc5ccccc54)c3)cc2)c2cccc3c2sc2ccccc23)c(-c2cccc3c2oc2cc4ccccc4cc23)c1. The average molecular weight is 744 g/mol. The molecule has 0 aliphatic rings. The van der Waals surface area contributed by atoms with Gasteiger partial charge in [-0.1, -0.05) is 152 Å². The van der Waals surface area contributed by atoms with Crippen LogP contribution in [0.3, 0.4) is 0 Å². The number of hydrogen-bond acceptors (Lipinski definition) is 3. The molecule has 57 heavy (non-hydrogen) atoms. The van der Waals surface area contributed by atoms with Crippen molar-refractivity contribution in [3.63, 3.8) is 0 Å². The first kappa shape index (κ1) is 32.1. The summed E-state index contributed by atoms with van der Waals surface area (Å²) in [6.07, 6.45) is 0. The monoisotopic (exact) mass is 743 g/mol. The zero-order chi connectivity index (χ0) is 37.5. The summed E-state index contributed by atoms with van der Waals surface area (Å²) in [5.41, 5.74) is 9.68. The number of thiophene rings is 1. The van der Waals surface area contributed by atoms with Crippen molar-refractivity contribution in [1.29, 1.82) is 0 Å². The third-order valence-corrected chi connectivity index (χ3v) is 12.8. The fraction of sp³-hybridized carbons (Fsp3) is 0. The van der Waals surface area contributed by atoms with Crippen molar-refractivity contribution in [2.75, 3.05) is 4.90 Å². The van der Waals surface area contributed by atoms with Gasteiger partial charge in [0.05, 0.1) is 16.1 Å². The van der Waals surface area contributed by atoms with Crippen LogP contribution in [0.1, 0.15) is 0 Å². The van der Waals surface area contributed by atoms with Crippen LogP contribution in [0.25, 0.3) is 96.7 Å². The van der Waals surface area contributed by atoms with E-state index in [9.17, 15) is 0 Å². The number of para-hydroxylation sites is 2. The molecule has 0 aliphatic carbocycles. The Bertz CT molecular complexity index is 3540. The van der Waals surface area contributed by atoms with Crippen LogP contribution in [0.5, 0.6) is 0 Å². The number of furan rings is 1. The smallest absolute Gasteiger partial charge is 0.143 e. The molecule has 3 heteroatoms. The van der Waals surface area contributed by atoms with E-state index in [2.05, 4.69) is 205 Å². The van der Waals surface area contributed by atoms with Crippen molar-refractivity contribution >= 4 is 103 Å². The summed E-state index contributed by atoms with van der Waals surface area (Å²) < 4.78 is 9.35. The molecule has 0 amide bonds. The van der Waals surface area contributed by atoms with Crippen LogP contribution in [0.15, 0.2) is 205 Å². The van der Waals surface area contributed by atoms with E-state index < -0.39 is 0 Å². The second kappa shape index (κ2) is 12.7. The van der Waals surface area contributed by atoms with Crippen LogP contribution in [-0.2, 0) is 0 Å². The standard InChI is InChI=1S/C54H33NOS/c1-2-13-37-33-51-48(32-36(37)12-1)46-18-9-17-45(53(46)56-51)43-15-5-7-20-49(43)55(50-21-10-19-47-44-16-6-8-22-52(44)57-54(47)50)40-28-25-34(26-29-40)38-27-30-42-39(31-38)24-23-35-11-3-4-14-41(35)42/h1-33H. The van der Waals surface area contributed by atoms with Gasteiger partial charge in [0.2, 0.25) is 0 Å². The molecule has 0 atom stereocenters. The second-order valence-electron chi connectivity index (χ2n) is 14.9. The first-order chi connectivity index (χ1) is 28.2. The highest BCUT2D eigenvalue weighted by molar-refractivity contribution is 7.26. The van der Waals surface area contributed by atoms with E-state index in [4.69, 9.17) is 4.42 Å². The molecule has 10 aromatic carbocycles. The molecule has 0 saturated heterocycles. The largest absolute Gasteiger partial charge is 0.455 e. The Kier molecular flexibility index (Phi) is 7.13. The molecule has 12 rings (SSSR count). The summed E-state index contributed by atoms with van der Waals surface area (Å²) in [5.74, 6) is 0. The summed E-state index contributed by atoms with van der Waals surface area (Å²) in [4.78, 5) is 2.44. The molecule has 0 fully saturated rings. The molecular weight excluding hydrogens is 711 g/mol. The molecule has 0 saturated carbocycles. The van der Waals surface area contributed by atoms with E-state index in [0.717, 1.165) is 50.1 Å². The van der Waals surface area contributed by atoms with E-state index in [1.807, 2.05) is 11.3 Å². The zero-order valence-electron chi connectivity index (χ0n) is 30.8. The van der Waals surface area contributed by atoms with Crippen LogP contribution >= 0.6 is 11.3 Å². The van der Waals surface area contributed by atoms with Crippen molar-refractivity contribution < 1.29 is 4.42 Å². The molecule has 0 N–H and O–H groups in total. The Labute approximate surface area is 333 Å². The van der Waals surface area contributed by atoms with Crippen LogP contribution in [0.2, 0.25) is 0 Å². The second-order valence-corrected chi connectivity index (χ2v) is 15.9. The van der Waals surface area contributed by atoms with Gasteiger partial charge >= 0.3 is 0 Å². The molecule has 0 bridgehead atoms. The van der Waals surface area contributed by atoms with Gasteiger partial charge in [-0.25, -0.2) is 0 Å². The molecule has 2 nitrogen and oxygen atoms in total. The van der Waals surface area contributed by atoms with Crippen LogP contribution in [-0.4, -0.2) is 0 Å². The summed E-state index contributed by atoms with van der Waals surface area (Å²) in [5, 5.41) is 12.3. The van der Waals surface area contributed by atoms with E-state index in [-0.39, 0.29) is 0 Å². The van der Waals surface area contributed by atoms with Crippen molar-refractivity contribution in [1.82, 2.24) is 0 Å². The van der Waals surface area contributed by atoms with E-state index in [1.165, 1.54) is 63.6 Å². The molecular formula is C54H33NOS. The van der Waals surface area contributed by atoms with Crippen molar-refractivity contribution in [2.24, 2.45) is 0 Å². The summed E-state index contributed by atoms with van der Waals surface area (Å²) in [6, 6.07) is 72.7. The van der Waals surface area contributed by atoms with Crippen LogP contribution in [0.4, 0.5) is 17.1 Å². The number of fused-ring (bicyclic) bond motifs is 10. The van der Waals surface area contributed by atoms with E-state index in [0.29, 0.717) is 0 Å². The highest BCUT2D eigenvalue weighted by Crippen LogP contribution is 2.49. The number of rotatable bonds is 5. The van der Waals surface area contributed by atoms with Gasteiger partial charge in [-0.05, 0) is 92.0 Å². The Balaban J connectivity index is 1.05. The van der Waals surface area contributed by atoms with Gasteiger partial charge in [-0.3, -0.25) is 0 Å². The quantitative estimate of drug-likeness (QED) is 0.163. The van der Waals surface area contributed by atoms with Gasteiger partial charge in [0, 0.05) is 43.1 Å². The Morgan fingerprint density at radius 3 is 1.89 bits per heavy atom. The molecule has 0 unspecified atom stereocenters. The summed E-state index contributed by atoms with van der Waals surface area (Å²) in [7, 11) is 0. The molecule has 266 valence electrons. The third-order valence-electron chi connectivity index (χ3n) is 11.6. The molecule has 12 aromatic rings. The highest BCUT2D eigenvalue weighted by Gasteiger charge is 2.23. The van der Waals surface area contributed by atoms with Crippen LogP contribution < -0.4 is 4.90 Å². The Hall–Kier alpha value is -7.20. The Morgan fingerprint density at radius 1 is 0.368 bits per heavy atom. The topological polar surface area (TPSA) is 16.4 Å². The average Bonchev–Trinajstić information content (AvgIpc) is 3.84. The van der Waals surface area contributed by atoms with Gasteiger partial charge in [0.15, 0.2) is 0 Å². The number of anilines is 3. The van der Waals surface area contributed by atoms with Gasteiger partial charge in [-0.2, -0.15) is 0 Å². The van der Waals surface area contributed by atoms with Crippen molar-refractivity contribution in [3.05, 3.63) is 200 Å². The molecule has 2 heterocycles. The lowest BCUT2D eigenvalue weighted by atomic mass is 9.97. The van der Waals surface area contributed by atoms with Gasteiger partial charge in [0.25, 0.3) is 0 Å². The van der Waals surface area contributed by atoms with Crippen molar-refractivity contribution in [2.45, 2.75) is 0 Å². The minimum atomic E-state index is 0.898. The van der Waals surface area contributed by atoms with Gasteiger partial charge < -0.3 is 9.32 Å². The first-order valence-electron chi connectivity index (χ1n) is 19.4. The zero-order valence-corrected chi connectivity index (χ0v) is 31.6. The molecule has 2 aromatic heterocycles. The molecule has 0 aliphatic heterocycles. The number of benzene rings is 10. The van der Waals surface area contributed by atoms with Gasteiger partial charge in [-0.15, -0.1) is 11.3 Å². The van der Waals surface area contributed by atoms with E-state index in [1.54, 1.807) is 0 Å². The Morgan fingerprint density at radius 2 is 1.00 bits per heavy atom. The normalized spacial score (nSPS) is 11.9. The fourth-order valence-electron chi connectivity index (χ4n) is 8.90. The lowest BCUT2D eigenvalue weighted by Crippen LogP contribution is -2.11. The third kappa shape index (κ3) is 5.10. The maximum Gasteiger partial charge on any atom is 0.143 e. The maximum atomic E-state index is 6.80. The van der Waals surface area contributed by atoms with E-state index >= 15 is 0 Å². The summed E-state index contributed by atoms with van der Waals surface area (Å²) >= 11 is 1.86.